The second kappa shape index (κ2) is 7.76. The number of carbonyl (C=O) groups is 1. The Bertz CT molecular complexity index is 579. The molecule has 24 heavy (non-hydrogen) atoms. The van der Waals surface area contributed by atoms with Crippen LogP contribution >= 0.6 is 0 Å². The van der Waals surface area contributed by atoms with Crippen LogP contribution in [-0.2, 0) is 9.16 Å². The predicted octanol–water partition coefficient (Wildman–Crippen LogP) is 4.52. The molecule has 0 aliphatic carbocycles. The summed E-state index contributed by atoms with van der Waals surface area (Å²) in [4.78, 5) is 21.8. The van der Waals surface area contributed by atoms with Crippen molar-refractivity contribution < 1.29 is 23.6 Å². The van der Waals surface area contributed by atoms with Gasteiger partial charge in [0.25, 0.3) is 5.69 Å². The van der Waals surface area contributed by atoms with Crippen molar-refractivity contribution >= 4 is 20.2 Å². The molecule has 0 spiro atoms. The standard InChI is InChI=1S/C16H25NO6Si/c1-12(11-21-24(5,6)16(2,3)4)22-15(18)23-14-9-7-13(8-10-14)17(19)20/h7-10,12H,11H2,1-6H3. The molecule has 134 valence electrons. The summed E-state index contributed by atoms with van der Waals surface area (Å²) >= 11 is 0. The first-order chi connectivity index (χ1) is 10.9. The molecule has 0 heterocycles. The van der Waals surface area contributed by atoms with Crippen LogP contribution < -0.4 is 4.74 Å². The summed E-state index contributed by atoms with van der Waals surface area (Å²) < 4.78 is 16.1. The highest BCUT2D eigenvalue weighted by atomic mass is 28.4. The summed E-state index contributed by atoms with van der Waals surface area (Å²) in [6.07, 6.45) is -1.32. The van der Waals surface area contributed by atoms with Crippen molar-refractivity contribution in [2.24, 2.45) is 0 Å². The van der Waals surface area contributed by atoms with E-state index in [0.29, 0.717) is 6.61 Å². The summed E-state index contributed by atoms with van der Waals surface area (Å²) in [5.41, 5.74) is -0.0770. The van der Waals surface area contributed by atoms with Crippen LogP contribution in [0.25, 0.3) is 0 Å². The lowest BCUT2D eigenvalue weighted by molar-refractivity contribution is -0.384. The van der Waals surface area contributed by atoms with Gasteiger partial charge in [-0.05, 0) is 37.2 Å². The van der Waals surface area contributed by atoms with Crippen LogP contribution in [0.2, 0.25) is 18.1 Å². The first kappa shape index (κ1) is 20.1. The Balaban J connectivity index is 2.48. The highest BCUT2D eigenvalue weighted by Gasteiger charge is 2.37. The molecule has 0 amide bonds. The van der Waals surface area contributed by atoms with Crippen LogP contribution in [0, 0.1) is 10.1 Å². The van der Waals surface area contributed by atoms with Gasteiger partial charge in [0.05, 0.1) is 11.5 Å². The molecule has 0 N–H and O–H groups in total. The van der Waals surface area contributed by atoms with Crippen molar-refractivity contribution in [3.05, 3.63) is 34.4 Å². The van der Waals surface area contributed by atoms with Crippen LogP contribution in [0.15, 0.2) is 24.3 Å². The van der Waals surface area contributed by atoms with E-state index < -0.39 is 25.5 Å². The van der Waals surface area contributed by atoms with Crippen molar-refractivity contribution in [1.82, 2.24) is 0 Å². The van der Waals surface area contributed by atoms with E-state index in [2.05, 4.69) is 33.9 Å². The number of hydrogen-bond acceptors (Lipinski definition) is 6. The van der Waals surface area contributed by atoms with Crippen LogP contribution in [0.1, 0.15) is 27.7 Å². The molecule has 1 rings (SSSR count). The average molecular weight is 355 g/mol. The third kappa shape index (κ3) is 5.93. The smallest absolute Gasteiger partial charge is 0.429 e. The lowest BCUT2D eigenvalue weighted by atomic mass is 10.2. The molecule has 0 bridgehead atoms. The van der Waals surface area contributed by atoms with E-state index in [0.717, 1.165) is 0 Å². The Kier molecular flexibility index (Phi) is 6.50. The van der Waals surface area contributed by atoms with Gasteiger partial charge in [0.15, 0.2) is 8.32 Å². The van der Waals surface area contributed by atoms with Gasteiger partial charge >= 0.3 is 6.16 Å². The maximum absolute atomic E-state index is 11.7. The third-order valence-electron chi connectivity index (χ3n) is 4.03. The fourth-order valence-electron chi connectivity index (χ4n) is 1.50. The van der Waals surface area contributed by atoms with Gasteiger partial charge in [-0.15, -0.1) is 0 Å². The number of ether oxygens (including phenoxy) is 2. The number of non-ortho nitro benzene ring substituents is 1. The van der Waals surface area contributed by atoms with Gasteiger partial charge in [0, 0.05) is 12.1 Å². The summed E-state index contributed by atoms with van der Waals surface area (Å²) in [6, 6.07) is 5.20. The monoisotopic (exact) mass is 355 g/mol. The highest BCUT2D eigenvalue weighted by molar-refractivity contribution is 6.74. The van der Waals surface area contributed by atoms with Gasteiger partial charge in [-0.1, -0.05) is 20.8 Å². The van der Waals surface area contributed by atoms with E-state index in [9.17, 15) is 14.9 Å². The van der Waals surface area contributed by atoms with Gasteiger partial charge in [-0.2, -0.15) is 0 Å². The number of nitro groups is 1. The van der Waals surface area contributed by atoms with Crippen LogP contribution in [0.5, 0.6) is 5.75 Å². The maximum Gasteiger partial charge on any atom is 0.514 e. The largest absolute Gasteiger partial charge is 0.514 e. The molecule has 0 saturated heterocycles. The Morgan fingerprint density at radius 2 is 1.79 bits per heavy atom. The summed E-state index contributed by atoms with van der Waals surface area (Å²) in [7, 11) is -1.91. The summed E-state index contributed by atoms with van der Waals surface area (Å²) in [5.74, 6) is 0.183. The van der Waals surface area contributed by atoms with E-state index in [1.807, 2.05) is 0 Å². The van der Waals surface area contributed by atoms with Crippen molar-refractivity contribution in [3.8, 4) is 5.75 Å². The van der Waals surface area contributed by atoms with Crippen molar-refractivity contribution in [1.29, 1.82) is 0 Å². The summed E-state index contributed by atoms with van der Waals surface area (Å²) in [6.45, 7) is 12.7. The number of rotatable bonds is 6. The molecule has 0 saturated carbocycles. The minimum Gasteiger partial charge on any atom is -0.429 e. The molecule has 1 unspecified atom stereocenters. The fraction of sp³-hybridized carbons (Fsp3) is 0.562. The molecule has 0 aromatic heterocycles. The van der Waals surface area contributed by atoms with Gasteiger partial charge in [0.2, 0.25) is 0 Å². The average Bonchev–Trinajstić information content (AvgIpc) is 2.44. The lowest BCUT2D eigenvalue weighted by Gasteiger charge is -2.36. The van der Waals surface area contributed by atoms with Crippen LogP contribution in [-0.4, -0.2) is 32.1 Å². The Morgan fingerprint density at radius 3 is 2.25 bits per heavy atom. The normalized spacial score (nSPS) is 13.2. The van der Waals surface area contributed by atoms with Gasteiger partial charge < -0.3 is 13.9 Å². The molecule has 0 fully saturated rings. The third-order valence-corrected chi connectivity index (χ3v) is 8.53. The zero-order valence-electron chi connectivity index (χ0n) is 15.0. The lowest BCUT2D eigenvalue weighted by Crippen LogP contribution is -2.42. The highest BCUT2D eigenvalue weighted by Crippen LogP contribution is 2.36. The van der Waals surface area contributed by atoms with E-state index >= 15 is 0 Å². The molecule has 0 radical (unpaired) electrons. The van der Waals surface area contributed by atoms with Crippen molar-refractivity contribution in [3.63, 3.8) is 0 Å². The quantitative estimate of drug-likeness (QED) is 0.245. The van der Waals surface area contributed by atoms with Gasteiger partial charge in [0.1, 0.15) is 11.9 Å². The molecular formula is C16H25NO6Si. The number of nitrogens with zero attached hydrogens (tertiary/aromatic N) is 1. The molecule has 1 atom stereocenters. The first-order valence-corrected chi connectivity index (χ1v) is 10.6. The molecule has 1 aromatic carbocycles. The van der Waals surface area contributed by atoms with Gasteiger partial charge in [-0.25, -0.2) is 4.79 Å². The van der Waals surface area contributed by atoms with E-state index in [1.165, 1.54) is 24.3 Å². The topological polar surface area (TPSA) is 87.9 Å². The van der Waals surface area contributed by atoms with Crippen LogP contribution in [0.4, 0.5) is 10.5 Å². The van der Waals surface area contributed by atoms with E-state index in [4.69, 9.17) is 13.9 Å². The zero-order valence-corrected chi connectivity index (χ0v) is 16.0. The zero-order chi connectivity index (χ0) is 18.5. The predicted molar refractivity (Wildman–Crippen MR) is 92.8 cm³/mol. The second-order valence-corrected chi connectivity index (χ2v) is 11.9. The van der Waals surface area contributed by atoms with E-state index in [-0.39, 0.29) is 16.5 Å². The maximum atomic E-state index is 11.7. The van der Waals surface area contributed by atoms with Crippen molar-refractivity contribution in [2.75, 3.05) is 6.61 Å². The summed E-state index contributed by atoms with van der Waals surface area (Å²) in [5, 5.41) is 10.6. The molecule has 8 heteroatoms. The van der Waals surface area contributed by atoms with Crippen LogP contribution in [0.3, 0.4) is 0 Å². The molecule has 1 aromatic rings. The number of hydrogen-bond donors (Lipinski definition) is 0. The van der Waals surface area contributed by atoms with Crippen molar-refractivity contribution in [2.45, 2.75) is 51.9 Å². The molecule has 0 aliphatic rings. The Hall–Kier alpha value is -1.93. The minimum atomic E-state index is -1.91. The second-order valence-electron chi connectivity index (χ2n) is 7.10. The van der Waals surface area contributed by atoms with Gasteiger partial charge in [-0.3, -0.25) is 10.1 Å². The number of benzene rings is 1. The Morgan fingerprint density at radius 1 is 1.25 bits per heavy atom. The van der Waals surface area contributed by atoms with E-state index in [1.54, 1.807) is 6.92 Å². The Labute approximate surface area is 143 Å². The fourth-order valence-corrected chi connectivity index (χ4v) is 2.58. The number of carbonyl (C=O) groups excluding carboxylic acids is 1. The number of nitro benzene ring substituents is 1. The molecule has 7 nitrogen and oxygen atoms in total. The molecular weight excluding hydrogens is 330 g/mol. The first-order valence-electron chi connectivity index (χ1n) is 7.69. The SMILES string of the molecule is CC(CO[Si](C)(C)C(C)(C)C)OC(=O)Oc1ccc([N+](=O)[O-])cc1. The molecule has 0 aliphatic heterocycles. The minimum absolute atomic E-state index is 0.0754.